The van der Waals surface area contributed by atoms with E-state index in [9.17, 15) is 0 Å². The SMILES string of the molecule is COCCOCCOCCOCCOCCOCCOCCOCCOCCOCCOCCOCCCC1(CCCC(COCCOCCOCCOCCOCCOCCOCCOCCOCCOCCO)OC)c2cc(Br)ccc2-c2ccc(B3OC(C)(C)C(C)(C)O3)cc21. The molecule has 0 aromatic heterocycles. The molecule has 0 spiro atoms. The second kappa shape index (κ2) is 60.1. The van der Waals surface area contributed by atoms with Gasteiger partial charge in [0.25, 0.3) is 0 Å². The molecule has 0 saturated carbocycles. The molecule has 1 N–H and O–H groups in total. The number of methoxy groups -OCH3 is 2. The summed E-state index contributed by atoms with van der Waals surface area (Å²) in [5, 5.41) is 8.67. The van der Waals surface area contributed by atoms with Crippen LogP contribution >= 0.6 is 15.9 Å². The molecule has 26 nitrogen and oxygen atoms in total. The molecule has 2 aromatic carbocycles. The van der Waals surface area contributed by atoms with Gasteiger partial charge in [0.2, 0.25) is 0 Å². The molecule has 1 aliphatic heterocycles. The van der Waals surface area contributed by atoms with Crippen molar-refractivity contribution in [1.29, 1.82) is 0 Å². The lowest BCUT2D eigenvalue weighted by atomic mass is 9.68. The van der Waals surface area contributed by atoms with Crippen molar-refractivity contribution in [2.75, 3.05) is 305 Å². The minimum Gasteiger partial charge on any atom is -0.399 e. The quantitative estimate of drug-likeness (QED) is 0.0592. The van der Waals surface area contributed by atoms with E-state index >= 15 is 0 Å². The van der Waals surface area contributed by atoms with Crippen molar-refractivity contribution in [3.05, 3.63) is 52.0 Å². The van der Waals surface area contributed by atoms with E-state index < -0.39 is 18.3 Å². The fourth-order valence-corrected chi connectivity index (χ4v) is 10.7. The van der Waals surface area contributed by atoms with Crippen LogP contribution in [0, 0.1) is 0 Å². The first kappa shape index (κ1) is 89.3. The monoisotopic (exact) mass is 1480 g/mol. The Balaban J connectivity index is 1.01. The minimum atomic E-state index is -0.487. The lowest BCUT2D eigenvalue weighted by Crippen LogP contribution is -2.41. The van der Waals surface area contributed by atoms with Crippen LogP contribution in [0.15, 0.2) is 40.9 Å². The highest BCUT2D eigenvalue weighted by Crippen LogP contribution is 2.54. The van der Waals surface area contributed by atoms with Crippen LogP contribution in [0.3, 0.4) is 0 Å². The van der Waals surface area contributed by atoms with Crippen molar-refractivity contribution in [2.45, 2.75) is 82.5 Å². The molecule has 2 unspecified atom stereocenters. The van der Waals surface area contributed by atoms with Crippen molar-refractivity contribution < 1.29 is 123 Å². The molecule has 574 valence electrons. The normalized spacial score (nSPS) is 15.8. The zero-order valence-corrected chi connectivity index (χ0v) is 62.4. The Bertz CT molecular complexity index is 2160. The summed E-state index contributed by atoms with van der Waals surface area (Å²) in [5.41, 5.74) is 4.85. The predicted molar refractivity (Wildman–Crippen MR) is 376 cm³/mol. The number of aliphatic hydroxyl groups excluding tert-OH is 1. The van der Waals surface area contributed by atoms with E-state index in [0.717, 1.165) is 42.0 Å². The van der Waals surface area contributed by atoms with Gasteiger partial charge in [-0.25, -0.2) is 0 Å². The van der Waals surface area contributed by atoms with Crippen LogP contribution in [0.25, 0.3) is 11.1 Å². The molecular formula is C71H124BBrO26. The van der Waals surface area contributed by atoms with Crippen LogP contribution in [-0.4, -0.2) is 334 Å². The number of rotatable bonds is 74. The first-order valence-electron chi connectivity index (χ1n) is 35.6. The van der Waals surface area contributed by atoms with Crippen molar-refractivity contribution in [2.24, 2.45) is 0 Å². The average molecular weight is 1480 g/mol. The van der Waals surface area contributed by atoms with Gasteiger partial charge >= 0.3 is 7.12 Å². The van der Waals surface area contributed by atoms with Gasteiger partial charge in [-0.2, -0.15) is 0 Å². The van der Waals surface area contributed by atoms with E-state index in [0.29, 0.717) is 284 Å². The standard InChI is InChI=1S/C71H124BBrO26/c1-69(2)70(3,4)99-72(98-69)62-10-12-65-66-13-11-63(73)60-68(66)71(67(65)59-62,14-7-9-64(76-6)61-97-58-57-96-56-55-95-54-53-94-52-51-93-50-49-90-42-40-87-36-34-84-30-28-81-24-22-78-18-16-74)15-8-17-77-21-23-80-27-29-83-33-35-86-39-41-89-45-46-92-48-47-91-44-43-88-38-37-85-32-31-82-26-25-79-20-19-75-5/h10-13,59-60,64,74H,7-9,14-58,61H2,1-6H3. The predicted octanol–water partition coefficient (Wildman–Crippen LogP) is 5.97. The maximum atomic E-state index is 8.67. The summed E-state index contributed by atoms with van der Waals surface area (Å²) in [6.07, 6.45) is 4.25. The molecule has 1 fully saturated rings. The number of hydrogen-bond acceptors (Lipinski definition) is 26. The number of hydrogen-bond donors (Lipinski definition) is 1. The van der Waals surface area contributed by atoms with E-state index in [-0.39, 0.29) is 18.1 Å². The fraction of sp³-hybridized carbons (Fsp3) is 0.831. The van der Waals surface area contributed by atoms with Crippen molar-refractivity contribution >= 4 is 28.5 Å². The number of halogens is 1. The van der Waals surface area contributed by atoms with E-state index in [1.165, 1.54) is 22.3 Å². The van der Waals surface area contributed by atoms with Gasteiger partial charge in [0.15, 0.2) is 0 Å². The van der Waals surface area contributed by atoms with Gasteiger partial charge in [0.1, 0.15) is 0 Å². The third-order valence-corrected chi connectivity index (χ3v) is 16.8. The summed E-state index contributed by atoms with van der Waals surface area (Å²) >= 11 is 3.84. The molecule has 1 aliphatic carbocycles. The molecule has 0 bridgehead atoms. The number of benzene rings is 2. The first-order valence-corrected chi connectivity index (χ1v) is 36.4. The third-order valence-electron chi connectivity index (χ3n) is 16.3. The van der Waals surface area contributed by atoms with Crippen molar-refractivity contribution in [1.82, 2.24) is 0 Å². The maximum Gasteiger partial charge on any atom is 0.494 e. The minimum absolute atomic E-state index is 0.0137. The summed E-state index contributed by atoms with van der Waals surface area (Å²) in [4.78, 5) is 0. The van der Waals surface area contributed by atoms with Crippen LogP contribution in [0.4, 0.5) is 0 Å². The Morgan fingerprint density at radius 2 is 0.636 bits per heavy atom. The molecule has 0 amide bonds. The van der Waals surface area contributed by atoms with Crippen LogP contribution in [-0.2, 0) is 124 Å². The molecule has 2 aliphatic rings. The zero-order valence-electron chi connectivity index (χ0n) is 60.8. The second-order valence-corrected chi connectivity index (χ2v) is 25.0. The van der Waals surface area contributed by atoms with Gasteiger partial charge in [0, 0.05) is 30.7 Å². The van der Waals surface area contributed by atoms with Crippen LogP contribution in [0.5, 0.6) is 0 Å². The summed E-state index contributed by atoms with van der Waals surface area (Å²) in [7, 11) is 2.91. The first-order chi connectivity index (χ1) is 48.6. The number of ether oxygens (including phenoxy) is 23. The Hall–Kier alpha value is -2.06. The summed E-state index contributed by atoms with van der Waals surface area (Å²) in [6, 6.07) is 13.4. The molecule has 0 radical (unpaired) electrons. The molecule has 1 heterocycles. The Kier molecular flexibility index (Phi) is 54.3. The maximum absolute atomic E-state index is 8.67. The molecule has 2 atom stereocenters. The molecule has 99 heavy (non-hydrogen) atoms. The lowest BCUT2D eigenvalue weighted by molar-refractivity contribution is -0.0333. The summed E-state index contributed by atoms with van der Waals surface area (Å²) < 4.78 is 143. The van der Waals surface area contributed by atoms with Gasteiger partial charge in [-0.3, -0.25) is 0 Å². The Morgan fingerprint density at radius 3 is 0.960 bits per heavy atom. The average Bonchev–Trinajstić information content (AvgIpc) is 1.57. The van der Waals surface area contributed by atoms with Gasteiger partial charge in [-0.05, 0) is 99.6 Å². The topological polar surface area (TPSA) is 251 Å². The smallest absolute Gasteiger partial charge is 0.399 e. The van der Waals surface area contributed by atoms with Crippen LogP contribution in [0.1, 0.15) is 70.9 Å². The van der Waals surface area contributed by atoms with Crippen molar-refractivity contribution in [3.8, 4) is 11.1 Å². The van der Waals surface area contributed by atoms with Crippen LogP contribution in [0.2, 0.25) is 0 Å². The summed E-state index contributed by atoms with van der Waals surface area (Å²) in [6.45, 7) is 29.3. The Labute approximate surface area is 599 Å². The fourth-order valence-electron chi connectivity index (χ4n) is 10.4. The lowest BCUT2D eigenvalue weighted by Gasteiger charge is -2.33. The zero-order chi connectivity index (χ0) is 70.7. The van der Waals surface area contributed by atoms with E-state index in [4.69, 9.17) is 123 Å². The van der Waals surface area contributed by atoms with E-state index in [1.54, 1.807) is 14.2 Å². The largest absolute Gasteiger partial charge is 0.494 e. The highest BCUT2D eigenvalue weighted by Gasteiger charge is 2.52. The number of aliphatic hydroxyl groups is 1. The van der Waals surface area contributed by atoms with E-state index in [1.807, 2.05) is 0 Å². The van der Waals surface area contributed by atoms with E-state index in [2.05, 4.69) is 80.0 Å². The molecular weight excluding hydrogens is 1360 g/mol. The second-order valence-electron chi connectivity index (χ2n) is 24.1. The molecule has 2 aromatic rings. The van der Waals surface area contributed by atoms with Gasteiger partial charge in [0.05, 0.1) is 301 Å². The summed E-state index contributed by atoms with van der Waals surface area (Å²) in [5.74, 6) is 0. The molecule has 28 heteroatoms. The van der Waals surface area contributed by atoms with Crippen LogP contribution < -0.4 is 5.46 Å². The third kappa shape index (κ3) is 41.4. The Morgan fingerprint density at radius 1 is 0.354 bits per heavy atom. The molecule has 4 rings (SSSR count). The highest BCUT2D eigenvalue weighted by atomic mass is 79.9. The molecule has 1 saturated heterocycles. The van der Waals surface area contributed by atoms with Gasteiger partial charge in [-0.15, -0.1) is 0 Å². The van der Waals surface area contributed by atoms with Gasteiger partial charge in [-0.1, -0.05) is 40.2 Å². The number of fused-ring (bicyclic) bond motifs is 3. The van der Waals surface area contributed by atoms with Crippen molar-refractivity contribution in [3.63, 3.8) is 0 Å². The van der Waals surface area contributed by atoms with Gasteiger partial charge < -0.3 is 123 Å². The highest BCUT2D eigenvalue weighted by molar-refractivity contribution is 9.10.